The molecule has 0 bridgehead atoms. The van der Waals surface area contributed by atoms with Crippen LogP contribution in [0.15, 0.2) is 29.2 Å². The number of esters is 1. The lowest BCUT2D eigenvalue weighted by Crippen LogP contribution is -2.46. The fourth-order valence-corrected chi connectivity index (χ4v) is 9.71. The Balaban J connectivity index is 2.19. The van der Waals surface area contributed by atoms with Crippen molar-refractivity contribution in [3.05, 3.63) is 62.2 Å². The number of sulfonamides is 1. The van der Waals surface area contributed by atoms with Gasteiger partial charge in [-0.15, -0.1) is 0 Å². The Morgan fingerprint density at radius 2 is 1.62 bits per heavy atom. The molecule has 11 heteroatoms. The van der Waals surface area contributed by atoms with Gasteiger partial charge in [-0.3, -0.25) is 10.1 Å². The highest BCUT2D eigenvalue weighted by atomic mass is 32.2. The van der Waals surface area contributed by atoms with Crippen LogP contribution >= 0.6 is 0 Å². The van der Waals surface area contributed by atoms with Crippen LogP contribution in [0, 0.1) is 24.0 Å². The molecular weight excluding hydrogens is 548 g/mol. The van der Waals surface area contributed by atoms with Crippen molar-refractivity contribution in [3.8, 4) is 0 Å². The van der Waals surface area contributed by atoms with E-state index in [9.17, 15) is 23.3 Å². The predicted octanol–water partition coefficient (Wildman–Crippen LogP) is 4.97. The Labute approximate surface area is 239 Å². The molecule has 1 aliphatic heterocycles. The fourth-order valence-electron chi connectivity index (χ4n) is 5.71. The van der Waals surface area contributed by atoms with E-state index in [1.807, 2.05) is 27.7 Å². The molecule has 0 saturated carbocycles. The highest BCUT2D eigenvalue weighted by Crippen LogP contribution is 2.36. The van der Waals surface area contributed by atoms with Crippen molar-refractivity contribution in [2.24, 2.45) is 0 Å². The Morgan fingerprint density at radius 3 is 2.12 bits per heavy atom. The van der Waals surface area contributed by atoms with Crippen LogP contribution in [0.2, 0.25) is 19.6 Å². The second-order valence-electron chi connectivity index (χ2n) is 12.2. The number of para-hydroxylation sites is 1. The lowest BCUT2D eigenvalue weighted by Gasteiger charge is -2.35. The molecule has 0 aliphatic carbocycles. The zero-order valence-corrected chi connectivity index (χ0v) is 26.9. The summed E-state index contributed by atoms with van der Waals surface area (Å²) in [6, 6.07) is 5.46. The number of carbonyl (C=O) groups is 1. The summed E-state index contributed by atoms with van der Waals surface area (Å²) in [6.07, 6.45) is -0.0452. The first-order valence-electron chi connectivity index (χ1n) is 13.6. The van der Waals surface area contributed by atoms with Gasteiger partial charge in [0.25, 0.3) is 5.69 Å². The summed E-state index contributed by atoms with van der Waals surface area (Å²) in [5.41, 5.74) is 3.85. The highest BCUT2D eigenvalue weighted by molar-refractivity contribution is 7.89. The number of nitrogens with zero attached hydrogens (tertiary/aromatic N) is 2. The lowest BCUT2D eigenvalue weighted by atomic mass is 9.87. The second kappa shape index (κ2) is 11.7. The van der Waals surface area contributed by atoms with Crippen LogP contribution in [-0.4, -0.2) is 57.0 Å². The topological polar surface area (TPSA) is 116 Å². The maximum atomic E-state index is 13.7. The molecule has 0 spiro atoms. The third-order valence-corrected chi connectivity index (χ3v) is 11.3. The molecule has 2 aromatic rings. The van der Waals surface area contributed by atoms with Crippen LogP contribution in [0.3, 0.4) is 0 Å². The van der Waals surface area contributed by atoms with Crippen molar-refractivity contribution >= 4 is 34.9 Å². The summed E-state index contributed by atoms with van der Waals surface area (Å²) in [5, 5.41) is 12.7. The molecule has 0 aromatic heterocycles. The summed E-state index contributed by atoms with van der Waals surface area (Å²) < 4.78 is 40.5. The van der Waals surface area contributed by atoms with Gasteiger partial charge < -0.3 is 9.47 Å². The van der Waals surface area contributed by atoms with Crippen LogP contribution in [0.5, 0.6) is 0 Å². The average molecular weight is 591 g/mol. The number of nitro benzene ring substituents is 1. The third kappa shape index (κ3) is 6.48. The zero-order chi connectivity index (χ0) is 30.2. The van der Waals surface area contributed by atoms with Gasteiger partial charge in [0.15, 0.2) is 11.0 Å². The Kier molecular flexibility index (Phi) is 9.35. The maximum Gasteiger partial charge on any atom is 0.339 e. The van der Waals surface area contributed by atoms with E-state index in [-0.39, 0.29) is 24.6 Å². The van der Waals surface area contributed by atoms with E-state index in [2.05, 4.69) is 26.6 Å². The first kappa shape index (κ1) is 31.9. The number of ether oxygens (including phenoxy) is 2. The number of hydrogen-bond acceptors (Lipinski definition) is 7. The third-order valence-electron chi connectivity index (χ3n) is 7.20. The molecule has 1 atom stereocenters. The molecule has 220 valence electrons. The van der Waals surface area contributed by atoms with Crippen molar-refractivity contribution in [1.82, 2.24) is 4.31 Å². The zero-order valence-electron chi connectivity index (χ0n) is 25.1. The smallest absolute Gasteiger partial charge is 0.339 e. The van der Waals surface area contributed by atoms with Crippen LogP contribution in [0.25, 0.3) is 0 Å². The molecule has 1 heterocycles. The molecule has 1 aliphatic rings. The van der Waals surface area contributed by atoms with Gasteiger partial charge >= 0.3 is 5.97 Å². The number of nitro groups is 1. The largest absolute Gasteiger partial charge is 0.464 e. The summed E-state index contributed by atoms with van der Waals surface area (Å²) in [5.74, 6) is -0.436. The maximum absolute atomic E-state index is 13.7. The summed E-state index contributed by atoms with van der Waals surface area (Å²) in [4.78, 5) is 24.0. The first-order chi connectivity index (χ1) is 18.4. The van der Waals surface area contributed by atoms with Crippen LogP contribution in [0.1, 0.15) is 61.6 Å². The number of rotatable bonds is 8. The number of fused-ring (bicyclic) bond motifs is 1. The summed E-state index contributed by atoms with van der Waals surface area (Å²) in [6.45, 7) is 18.8. The van der Waals surface area contributed by atoms with Gasteiger partial charge in [0.2, 0.25) is 10.0 Å². The number of carbonyl (C=O) groups excluding carboxylic acids is 1. The van der Waals surface area contributed by atoms with Gasteiger partial charge in [-0.1, -0.05) is 37.0 Å². The molecule has 0 saturated heterocycles. The van der Waals surface area contributed by atoms with Crippen molar-refractivity contribution in [2.75, 3.05) is 19.7 Å². The van der Waals surface area contributed by atoms with E-state index in [0.717, 1.165) is 33.0 Å². The van der Waals surface area contributed by atoms with Crippen LogP contribution in [0.4, 0.5) is 5.69 Å². The van der Waals surface area contributed by atoms with Gasteiger partial charge in [0.05, 0.1) is 25.2 Å². The van der Waals surface area contributed by atoms with E-state index in [0.29, 0.717) is 12.8 Å². The normalized spacial score (nSPS) is 15.7. The van der Waals surface area contributed by atoms with E-state index in [1.54, 1.807) is 6.92 Å². The fraction of sp³-hybridized carbons (Fsp3) is 0.552. The molecule has 0 amide bonds. The molecule has 9 nitrogen and oxygen atoms in total. The monoisotopic (exact) mass is 590 g/mol. The van der Waals surface area contributed by atoms with Crippen molar-refractivity contribution in [2.45, 2.75) is 90.6 Å². The van der Waals surface area contributed by atoms with Gasteiger partial charge in [0, 0.05) is 19.2 Å². The van der Waals surface area contributed by atoms with E-state index in [4.69, 9.17) is 9.47 Å². The molecule has 0 N–H and O–H groups in total. The van der Waals surface area contributed by atoms with Crippen molar-refractivity contribution < 1.29 is 27.6 Å². The summed E-state index contributed by atoms with van der Waals surface area (Å²) >= 11 is 0. The predicted molar refractivity (Wildman–Crippen MR) is 158 cm³/mol. The van der Waals surface area contributed by atoms with Crippen LogP contribution < -0.4 is 5.19 Å². The molecular formula is C29H42N2O7SSi. The first-order valence-corrected chi connectivity index (χ1v) is 18.6. The van der Waals surface area contributed by atoms with E-state index in [1.165, 1.54) is 28.6 Å². The van der Waals surface area contributed by atoms with E-state index < -0.39 is 46.4 Å². The Bertz CT molecular complexity index is 1410. The SMILES string of the molecule is CCOC(=O)[C@@H](OC(C)(C)C)c1c(C)c2c(c(C)c1[Si](C)(C)C)CCN(S(=O)(=O)c1ccccc1[N+](=O)[O-])CC2. The Morgan fingerprint density at radius 1 is 1.07 bits per heavy atom. The highest BCUT2D eigenvalue weighted by Gasteiger charge is 2.39. The second-order valence-corrected chi connectivity index (χ2v) is 19.1. The lowest BCUT2D eigenvalue weighted by molar-refractivity contribution is -0.387. The minimum Gasteiger partial charge on any atom is -0.464 e. The molecule has 2 aromatic carbocycles. The average Bonchev–Trinajstić information content (AvgIpc) is 3.08. The summed E-state index contributed by atoms with van der Waals surface area (Å²) in [7, 11) is -6.17. The molecule has 0 fully saturated rings. The van der Waals surface area contributed by atoms with Crippen molar-refractivity contribution in [1.29, 1.82) is 0 Å². The van der Waals surface area contributed by atoms with Gasteiger partial charge in [-0.25, -0.2) is 13.2 Å². The number of hydrogen-bond donors (Lipinski definition) is 0. The van der Waals surface area contributed by atoms with Crippen molar-refractivity contribution in [3.63, 3.8) is 0 Å². The Hall–Kier alpha value is -2.60. The van der Waals surface area contributed by atoms with Gasteiger partial charge in [0.1, 0.15) is 0 Å². The molecule has 0 unspecified atom stereocenters. The minimum absolute atomic E-state index is 0.164. The van der Waals surface area contributed by atoms with Gasteiger partial charge in [-0.2, -0.15) is 4.31 Å². The van der Waals surface area contributed by atoms with Crippen LogP contribution in [-0.2, 0) is 37.1 Å². The molecule has 3 rings (SSSR count). The van der Waals surface area contributed by atoms with E-state index >= 15 is 0 Å². The van der Waals surface area contributed by atoms with Gasteiger partial charge in [-0.05, 0) is 88.3 Å². The quantitative estimate of drug-likeness (QED) is 0.185. The minimum atomic E-state index is -4.11. The standard InChI is InChI=1S/C29H42N2O7SSi/c1-10-37-28(32)26(38-29(4,5)6)25-19(2)21-15-17-30(18-16-22(21)20(3)27(25)40(7,8)9)39(35,36)24-14-12-11-13-23(24)31(33)34/h11-14,26H,10,15-18H2,1-9H3/t26-/m0/s1. The molecule has 0 radical (unpaired) electrons. The molecule has 40 heavy (non-hydrogen) atoms. The number of benzene rings is 2.